The van der Waals surface area contributed by atoms with E-state index in [1.165, 1.54) is 18.9 Å². The SMILES string of the molecule is COCC(O)CN(C)C(=O)Nc1ccc(C(C)=O)cc1. The summed E-state index contributed by atoms with van der Waals surface area (Å²) in [4.78, 5) is 24.4. The molecule has 0 spiro atoms. The van der Waals surface area contributed by atoms with Crippen LogP contribution in [0.2, 0.25) is 0 Å². The molecule has 2 N–H and O–H groups in total. The number of nitrogens with zero attached hydrogens (tertiary/aromatic N) is 1. The first-order valence-corrected chi connectivity index (χ1v) is 6.24. The third kappa shape index (κ3) is 4.99. The lowest BCUT2D eigenvalue weighted by molar-refractivity contribution is 0.0501. The number of ether oxygens (including phenoxy) is 1. The second kappa shape index (κ2) is 7.62. The molecular formula is C14H20N2O4. The first-order valence-electron chi connectivity index (χ1n) is 6.24. The molecule has 6 heteroatoms. The van der Waals surface area contributed by atoms with Gasteiger partial charge in [-0.3, -0.25) is 4.79 Å². The van der Waals surface area contributed by atoms with E-state index in [-0.39, 0.29) is 25.0 Å². The number of Topliss-reactive ketones (excluding diaryl/α,β-unsaturated/α-hetero) is 1. The van der Waals surface area contributed by atoms with Gasteiger partial charge in [0.25, 0.3) is 0 Å². The number of benzene rings is 1. The Kier molecular flexibility index (Phi) is 6.14. The van der Waals surface area contributed by atoms with Crippen molar-refractivity contribution in [1.29, 1.82) is 0 Å². The summed E-state index contributed by atoms with van der Waals surface area (Å²) in [6, 6.07) is 6.29. The first kappa shape index (κ1) is 16.1. The fourth-order valence-corrected chi connectivity index (χ4v) is 1.65. The lowest BCUT2D eigenvalue weighted by atomic mass is 10.1. The smallest absolute Gasteiger partial charge is 0.321 e. The maximum atomic E-state index is 11.9. The highest BCUT2D eigenvalue weighted by atomic mass is 16.5. The van der Waals surface area contributed by atoms with Crippen LogP contribution in [0.4, 0.5) is 10.5 Å². The van der Waals surface area contributed by atoms with E-state index in [2.05, 4.69) is 5.32 Å². The molecule has 20 heavy (non-hydrogen) atoms. The van der Waals surface area contributed by atoms with Gasteiger partial charge in [-0.15, -0.1) is 0 Å². The Morgan fingerprint density at radius 3 is 2.45 bits per heavy atom. The minimum Gasteiger partial charge on any atom is -0.389 e. The molecule has 2 amide bonds. The normalized spacial score (nSPS) is 11.8. The number of amides is 2. The van der Waals surface area contributed by atoms with Crippen molar-refractivity contribution in [3.05, 3.63) is 29.8 Å². The Morgan fingerprint density at radius 1 is 1.35 bits per heavy atom. The fraction of sp³-hybridized carbons (Fsp3) is 0.429. The maximum absolute atomic E-state index is 11.9. The number of carbonyl (C=O) groups is 2. The number of carbonyl (C=O) groups excluding carboxylic acids is 2. The topological polar surface area (TPSA) is 78.9 Å². The molecular weight excluding hydrogens is 260 g/mol. The number of likely N-dealkylation sites (N-methyl/N-ethyl adjacent to an activating group) is 1. The molecule has 0 heterocycles. The molecule has 0 aromatic heterocycles. The number of anilines is 1. The number of rotatable bonds is 6. The van der Waals surface area contributed by atoms with Crippen LogP contribution < -0.4 is 5.32 Å². The van der Waals surface area contributed by atoms with Crippen LogP contribution in [0.5, 0.6) is 0 Å². The Balaban J connectivity index is 2.54. The van der Waals surface area contributed by atoms with Gasteiger partial charge in [0.1, 0.15) is 0 Å². The molecule has 1 unspecified atom stereocenters. The molecule has 1 rings (SSSR count). The van der Waals surface area contributed by atoms with Crippen molar-refractivity contribution in [2.45, 2.75) is 13.0 Å². The highest BCUT2D eigenvalue weighted by Crippen LogP contribution is 2.10. The molecule has 0 aliphatic carbocycles. The van der Waals surface area contributed by atoms with Crippen molar-refractivity contribution in [3.8, 4) is 0 Å². The van der Waals surface area contributed by atoms with Crippen LogP contribution in [0, 0.1) is 0 Å². The molecule has 0 aliphatic heterocycles. The summed E-state index contributed by atoms with van der Waals surface area (Å²) in [5, 5.41) is 12.2. The second-order valence-electron chi connectivity index (χ2n) is 4.55. The van der Waals surface area contributed by atoms with Gasteiger partial charge < -0.3 is 20.1 Å². The zero-order chi connectivity index (χ0) is 15.1. The highest BCUT2D eigenvalue weighted by Gasteiger charge is 2.13. The van der Waals surface area contributed by atoms with Crippen LogP contribution >= 0.6 is 0 Å². The van der Waals surface area contributed by atoms with Crippen LogP contribution in [-0.2, 0) is 4.74 Å². The van der Waals surface area contributed by atoms with Crippen LogP contribution in [0.3, 0.4) is 0 Å². The van der Waals surface area contributed by atoms with E-state index in [4.69, 9.17) is 4.74 Å². The number of hydrogen-bond donors (Lipinski definition) is 2. The van der Waals surface area contributed by atoms with Crippen molar-refractivity contribution >= 4 is 17.5 Å². The minimum absolute atomic E-state index is 0.0253. The van der Waals surface area contributed by atoms with Gasteiger partial charge in [0, 0.05) is 25.4 Å². The summed E-state index contributed by atoms with van der Waals surface area (Å²) < 4.78 is 4.80. The molecule has 0 saturated heterocycles. The van der Waals surface area contributed by atoms with E-state index in [0.29, 0.717) is 11.3 Å². The lowest BCUT2D eigenvalue weighted by Crippen LogP contribution is -2.38. The average molecular weight is 280 g/mol. The Bertz CT molecular complexity index is 459. The fourth-order valence-electron chi connectivity index (χ4n) is 1.65. The average Bonchev–Trinajstić information content (AvgIpc) is 2.39. The van der Waals surface area contributed by atoms with Crippen molar-refractivity contribution in [1.82, 2.24) is 4.90 Å². The van der Waals surface area contributed by atoms with E-state index >= 15 is 0 Å². The number of urea groups is 1. The van der Waals surface area contributed by atoms with Gasteiger partial charge in [0.05, 0.1) is 19.3 Å². The van der Waals surface area contributed by atoms with Crippen LogP contribution in [0.15, 0.2) is 24.3 Å². The van der Waals surface area contributed by atoms with Crippen molar-refractivity contribution in [2.75, 3.05) is 32.6 Å². The standard InChI is InChI=1S/C14H20N2O4/c1-10(17)11-4-6-12(7-5-11)15-14(19)16(2)8-13(18)9-20-3/h4-7,13,18H,8-9H2,1-3H3,(H,15,19). The summed E-state index contributed by atoms with van der Waals surface area (Å²) in [6.45, 7) is 1.83. The molecule has 0 aliphatic rings. The number of nitrogens with one attached hydrogen (secondary N) is 1. The Labute approximate surface area is 118 Å². The first-order chi connectivity index (χ1) is 9.43. The van der Waals surface area contributed by atoms with Crippen LogP contribution in [0.25, 0.3) is 0 Å². The van der Waals surface area contributed by atoms with Gasteiger partial charge in [-0.05, 0) is 31.2 Å². The summed E-state index contributed by atoms with van der Waals surface area (Å²) >= 11 is 0. The quantitative estimate of drug-likeness (QED) is 0.771. The van der Waals surface area contributed by atoms with E-state index in [1.807, 2.05) is 0 Å². The number of aliphatic hydroxyl groups is 1. The molecule has 0 bridgehead atoms. The monoisotopic (exact) mass is 280 g/mol. The predicted molar refractivity (Wildman–Crippen MR) is 76.0 cm³/mol. The maximum Gasteiger partial charge on any atom is 0.321 e. The number of aliphatic hydroxyl groups excluding tert-OH is 1. The summed E-state index contributed by atoms with van der Waals surface area (Å²) in [5.41, 5.74) is 1.18. The number of ketones is 1. The molecule has 0 saturated carbocycles. The van der Waals surface area contributed by atoms with Crippen LogP contribution in [-0.4, -0.2) is 55.2 Å². The Morgan fingerprint density at radius 2 is 1.95 bits per heavy atom. The van der Waals surface area contributed by atoms with E-state index in [1.54, 1.807) is 31.3 Å². The largest absolute Gasteiger partial charge is 0.389 e. The van der Waals surface area contributed by atoms with Crippen molar-refractivity contribution in [2.24, 2.45) is 0 Å². The van der Waals surface area contributed by atoms with Gasteiger partial charge >= 0.3 is 6.03 Å². The minimum atomic E-state index is -0.726. The Hall–Kier alpha value is -1.92. The molecule has 0 radical (unpaired) electrons. The van der Waals surface area contributed by atoms with Gasteiger partial charge in [-0.25, -0.2) is 4.79 Å². The van der Waals surface area contributed by atoms with Gasteiger partial charge in [0.15, 0.2) is 5.78 Å². The molecule has 110 valence electrons. The molecule has 0 fully saturated rings. The van der Waals surface area contributed by atoms with Gasteiger partial charge in [-0.2, -0.15) is 0 Å². The van der Waals surface area contributed by atoms with Crippen molar-refractivity contribution in [3.63, 3.8) is 0 Å². The zero-order valence-corrected chi connectivity index (χ0v) is 11.9. The van der Waals surface area contributed by atoms with E-state index in [0.717, 1.165) is 0 Å². The zero-order valence-electron chi connectivity index (χ0n) is 11.9. The summed E-state index contributed by atoms with van der Waals surface area (Å²) in [6.07, 6.45) is -0.726. The van der Waals surface area contributed by atoms with Crippen molar-refractivity contribution < 1.29 is 19.4 Å². The van der Waals surface area contributed by atoms with Gasteiger partial charge in [-0.1, -0.05) is 0 Å². The number of hydrogen-bond acceptors (Lipinski definition) is 4. The second-order valence-corrected chi connectivity index (χ2v) is 4.55. The highest BCUT2D eigenvalue weighted by molar-refractivity contribution is 5.95. The third-order valence-electron chi connectivity index (χ3n) is 2.73. The third-order valence-corrected chi connectivity index (χ3v) is 2.73. The summed E-state index contributed by atoms with van der Waals surface area (Å²) in [5.74, 6) is -0.0253. The van der Waals surface area contributed by atoms with E-state index in [9.17, 15) is 14.7 Å². The summed E-state index contributed by atoms with van der Waals surface area (Å²) in [7, 11) is 3.07. The lowest BCUT2D eigenvalue weighted by Gasteiger charge is -2.21. The predicted octanol–water partition coefficient (Wildman–Crippen LogP) is 1.36. The number of methoxy groups -OCH3 is 1. The molecule has 1 aromatic carbocycles. The molecule has 6 nitrogen and oxygen atoms in total. The molecule has 1 atom stereocenters. The van der Waals surface area contributed by atoms with E-state index < -0.39 is 6.10 Å². The van der Waals surface area contributed by atoms with Gasteiger partial charge in [0.2, 0.25) is 0 Å². The van der Waals surface area contributed by atoms with Crippen LogP contribution in [0.1, 0.15) is 17.3 Å². The molecule has 1 aromatic rings.